The normalized spacial score (nSPS) is 23.2. The molecule has 9 heteroatoms. The summed E-state index contributed by atoms with van der Waals surface area (Å²) in [5.41, 5.74) is 3.43. The molecule has 0 saturated carbocycles. The van der Waals surface area contributed by atoms with E-state index in [2.05, 4.69) is 33.2 Å². The van der Waals surface area contributed by atoms with Crippen molar-refractivity contribution in [2.75, 3.05) is 40.1 Å². The Bertz CT molecular complexity index is 812. The van der Waals surface area contributed by atoms with Crippen molar-refractivity contribution in [3.05, 3.63) is 34.3 Å². The summed E-state index contributed by atoms with van der Waals surface area (Å²) in [6, 6.07) is 5.33. The summed E-state index contributed by atoms with van der Waals surface area (Å²) in [4.78, 5) is 17.5. The molecule has 0 unspecified atom stereocenters. The fourth-order valence-electron chi connectivity index (χ4n) is 4.47. The predicted octanol–water partition coefficient (Wildman–Crippen LogP) is 6.44. The minimum Gasteiger partial charge on any atom is -0.379 e. The standard InChI is InChI=1S/C30H50ClNO7/c1-6-10-16-35-21-25-27(36-17-11-7-2)29(38-19-13-9-4)28(37-18-12-8-3)26(39-25)22-14-15-24(31)23(20-22)30(33)32-34-5/h14-15,20,25-29H,6-13,16-19,21H2,1-5H3,(H,32,33)/t25-,26+,27-,28+,29+/m1/s1. The lowest BCUT2D eigenvalue weighted by molar-refractivity contribution is -0.268. The van der Waals surface area contributed by atoms with E-state index in [1.54, 1.807) is 12.1 Å². The highest BCUT2D eigenvalue weighted by atomic mass is 35.5. The van der Waals surface area contributed by atoms with E-state index >= 15 is 0 Å². The summed E-state index contributed by atoms with van der Waals surface area (Å²) >= 11 is 6.39. The molecule has 0 aromatic heterocycles. The first kappa shape index (κ1) is 33.9. The number of unbranched alkanes of at least 4 members (excludes halogenated alkanes) is 4. The minimum atomic E-state index is -0.509. The van der Waals surface area contributed by atoms with Crippen LogP contribution in [0.15, 0.2) is 18.2 Å². The van der Waals surface area contributed by atoms with Crippen LogP contribution in [0.2, 0.25) is 5.02 Å². The van der Waals surface area contributed by atoms with Gasteiger partial charge in [0.2, 0.25) is 0 Å². The fraction of sp³-hybridized carbons (Fsp3) is 0.767. The molecule has 1 aliphatic rings. The number of amides is 1. The third kappa shape index (κ3) is 10.9. The molecule has 39 heavy (non-hydrogen) atoms. The van der Waals surface area contributed by atoms with Crippen molar-refractivity contribution >= 4 is 17.5 Å². The SMILES string of the molecule is CCCCOC[C@H]1O[C@@H](c2ccc(Cl)c(C(=O)NOC)c2)[C@H](OCCCC)[C@@H](OCCCC)[C@@H]1OCCCC. The van der Waals surface area contributed by atoms with Gasteiger partial charge in [-0.25, -0.2) is 5.48 Å². The number of nitrogens with one attached hydrogen (secondary N) is 1. The van der Waals surface area contributed by atoms with Gasteiger partial charge in [0.25, 0.3) is 5.91 Å². The Hall–Kier alpha value is -1.26. The Morgan fingerprint density at radius 3 is 2.00 bits per heavy atom. The lowest BCUT2D eigenvalue weighted by Gasteiger charge is -2.46. The van der Waals surface area contributed by atoms with Gasteiger partial charge in [0.15, 0.2) is 0 Å². The summed E-state index contributed by atoms with van der Waals surface area (Å²) in [6.45, 7) is 11.4. The maximum Gasteiger partial charge on any atom is 0.276 e. The van der Waals surface area contributed by atoms with Gasteiger partial charge >= 0.3 is 0 Å². The molecular weight excluding hydrogens is 522 g/mol. The second-order valence-electron chi connectivity index (χ2n) is 9.97. The van der Waals surface area contributed by atoms with E-state index in [0.717, 1.165) is 56.9 Å². The molecule has 0 aliphatic carbocycles. The average Bonchev–Trinajstić information content (AvgIpc) is 2.93. The van der Waals surface area contributed by atoms with Gasteiger partial charge < -0.3 is 23.7 Å². The number of carbonyl (C=O) groups excluding carboxylic acids is 1. The van der Waals surface area contributed by atoms with E-state index in [0.29, 0.717) is 43.6 Å². The van der Waals surface area contributed by atoms with Crippen LogP contribution in [0.4, 0.5) is 0 Å². The summed E-state index contributed by atoms with van der Waals surface area (Å²) in [5, 5.41) is 0.323. The fourth-order valence-corrected chi connectivity index (χ4v) is 4.67. The molecule has 5 atom stereocenters. The van der Waals surface area contributed by atoms with Crippen LogP contribution in [0.25, 0.3) is 0 Å². The van der Waals surface area contributed by atoms with E-state index in [1.165, 1.54) is 7.11 Å². The topological polar surface area (TPSA) is 84.5 Å². The van der Waals surface area contributed by atoms with Crippen LogP contribution in [0.1, 0.15) is 101 Å². The van der Waals surface area contributed by atoms with Crippen LogP contribution in [0.5, 0.6) is 0 Å². The smallest absolute Gasteiger partial charge is 0.276 e. The zero-order chi connectivity index (χ0) is 28.5. The second-order valence-corrected chi connectivity index (χ2v) is 10.4. The molecule has 1 heterocycles. The van der Waals surface area contributed by atoms with Gasteiger partial charge in [-0.15, -0.1) is 0 Å². The van der Waals surface area contributed by atoms with Crippen molar-refractivity contribution in [1.29, 1.82) is 0 Å². The highest BCUT2D eigenvalue weighted by molar-refractivity contribution is 6.33. The van der Waals surface area contributed by atoms with E-state index in [1.807, 2.05) is 6.07 Å². The molecule has 1 aliphatic heterocycles. The maximum absolute atomic E-state index is 12.6. The van der Waals surface area contributed by atoms with Gasteiger partial charge in [-0.3, -0.25) is 9.63 Å². The number of benzene rings is 1. The highest BCUT2D eigenvalue weighted by Gasteiger charge is 2.48. The van der Waals surface area contributed by atoms with E-state index in [9.17, 15) is 4.79 Å². The summed E-state index contributed by atoms with van der Waals surface area (Å²) < 4.78 is 32.3. The monoisotopic (exact) mass is 571 g/mol. The Morgan fingerprint density at radius 1 is 0.846 bits per heavy atom. The van der Waals surface area contributed by atoms with E-state index < -0.39 is 18.1 Å². The maximum atomic E-state index is 12.6. The number of hydrogen-bond acceptors (Lipinski definition) is 7. The minimum absolute atomic E-state index is 0.299. The van der Waals surface area contributed by atoms with Crippen molar-refractivity contribution in [3.8, 4) is 0 Å². The van der Waals surface area contributed by atoms with Crippen LogP contribution in [-0.4, -0.2) is 70.5 Å². The van der Waals surface area contributed by atoms with Crippen molar-refractivity contribution in [3.63, 3.8) is 0 Å². The summed E-state index contributed by atoms with van der Waals surface area (Å²) in [7, 11) is 1.39. The molecule has 2 rings (SSSR count). The third-order valence-corrected chi connectivity index (χ3v) is 7.07. The van der Waals surface area contributed by atoms with Gasteiger partial charge in [0.1, 0.15) is 30.5 Å². The molecule has 1 aromatic carbocycles. The molecule has 1 aromatic rings. The number of hydroxylamine groups is 1. The molecule has 1 saturated heterocycles. The van der Waals surface area contributed by atoms with E-state index in [4.69, 9.17) is 40.1 Å². The van der Waals surface area contributed by atoms with Crippen LogP contribution in [0.3, 0.4) is 0 Å². The lowest BCUT2D eigenvalue weighted by Crippen LogP contribution is -2.58. The molecule has 1 fully saturated rings. The Balaban J connectivity index is 2.49. The Kier molecular flexibility index (Phi) is 17.2. The van der Waals surface area contributed by atoms with Crippen LogP contribution < -0.4 is 5.48 Å². The zero-order valence-electron chi connectivity index (χ0n) is 24.5. The molecule has 0 radical (unpaired) electrons. The number of rotatable bonds is 20. The first-order chi connectivity index (χ1) is 19.0. The first-order valence-corrected chi connectivity index (χ1v) is 15.1. The second kappa shape index (κ2) is 19.8. The first-order valence-electron chi connectivity index (χ1n) is 14.7. The number of halogens is 1. The summed E-state index contributed by atoms with van der Waals surface area (Å²) in [6.07, 6.45) is 5.86. The van der Waals surface area contributed by atoms with Gasteiger partial charge in [0.05, 0.1) is 24.3 Å². The van der Waals surface area contributed by atoms with Crippen molar-refractivity contribution in [2.45, 2.75) is 110 Å². The number of ether oxygens (including phenoxy) is 5. The third-order valence-electron chi connectivity index (χ3n) is 6.74. The average molecular weight is 572 g/mol. The zero-order valence-corrected chi connectivity index (χ0v) is 25.3. The van der Waals surface area contributed by atoms with Crippen LogP contribution in [0, 0.1) is 0 Å². The lowest BCUT2D eigenvalue weighted by atomic mass is 9.89. The Morgan fingerprint density at radius 2 is 1.41 bits per heavy atom. The van der Waals surface area contributed by atoms with Crippen molar-refractivity contribution < 1.29 is 33.3 Å². The molecule has 1 amide bonds. The Labute approximate surface area is 240 Å². The highest BCUT2D eigenvalue weighted by Crippen LogP contribution is 2.38. The molecule has 224 valence electrons. The quantitative estimate of drug-likeness (QED) is 0.142. The summed E-state index contributed by atoms with van der Waals surface area (Å²) in [5.74, 6) is -0.431. The van der Waals surface area contributed by atoms with Crippen molar-refractivity contribution in [2.24, 2.45) is 0 Å². The molecule has 0 spiro atoms. The largest absolute Gasteiger partial charge is 0.379 e. The molecule has 0 bridgehead atoms. The van der Waals surface area contributed by atoms with Gasteiger partial charge in [0, 0.05) is 26.4 Å². The molecule has 8 nitrogen and oxygen atoms in total. The van der Waals surface area contributed by atoms with Crippen LogP contribution >= 0.6 is 11.6 Å². The van der Waals surface area contributed by atoms with Crippen molar-refractivity contribution in [1.82, 2.24) is 5.48 Å². The molecule has 1 N–H and O–H groups in total. The van der Waals surface area contributed by atoms with Crippen LogP contribution in [-0.2, 0) is 28.5 Å². The van der Waals surface area contributed by atoms with Gasteiger partial charge in [-0.2, -0.15) is 0 Å². The number of carbonyl (C=O) groups is 1. The van der Waals surface area contributed by atoms with Gasteiger partial charge in [-0.1, -0.05) is 71.0 Å². The van der Waals surface area contributed by atoms with E-state index in [-0.39, 0.29) is 18.3 Å². The number of hydrogen-bond donors (Lipinski definition) is 1. The molecular formula is C30H50ClNO7. The predicted molar refractivity (Wildman–Crippen MR) is 153 cm³/mol. The van der Waals surface area contributed by atoms with Gasteiger partial charge in [-0.05, 0) is 43.4 Å².